The fourth-order valence-electron chi connectivity index (χ4n) is 7.20. The lowest BCUT2D eigenvalue weighted by molar-refractivity contribution is -0.138. The Balaban J connectivity index is 1.83. The van der Waals surface area contributed by atoms with E-state index in [0.29, 0.717) is 34.4 Å². The van der Waals surface area contributed by atoms with Crippen LogP contribution >= 0.6 is 0 Å². The SMILES string of the molecule is C=CCN(C)C(=O)C(NC(=O)C(CC)NC(=O)C(CCCNC(=N)NS(=O)(=O)c1c(C)c(C)c2c(c1C)CC(C)(C)O2)NC(=O)C(C)(CC=C)NC(=O)C(C)C)c1ccc(F)cc1. The van der Waals surface area contributed by atoms with Gasteiger partial charge in [-0.3, -0.25) is 29.4 Å². The molecule has 7 N–H and O–H groups in total. The third-order valence-electron chi connectivity index (χ3n) is 10.9. The standard InChI is InChI=1S/C45H65FN8O8S/c1-13-22-45(11,52-38(55)26(4)5)42(59)50-34(40(57)49-33(15-3)39(56)51-35(41(58)54(12)24-14-2)30-18-20-31(46)21-19-30)17-16-23-48-43(47)53-63(60,61)37-28(7)27(6)36-32(29(37)8)25-44(9,10)62-36/h13-14,18-21,26,33-35H,1-2,15-17,22-25H2,3-12H3,(H,49,57)(H,50,59)(H,51,56)(H,52,55)(H3,47,48,53). The van der Waals surface area contributed by atoms with E-state index in [9.17, 15) is 36.8 Å². The molecule has 0 bridgehead atoms. The summed E-state index contributed by atoms with van der Waals surface area (Å²) < 4.78 is 49.7. The molecule has 18 heteroatoms. The van der Waals surface area contributed by atoms with Gasteiger partial charge in [0.2, 0.25) is 35.5 Å². The molecule has 0 radical (unpaired) electrons. The van der Waals surface area contributed by atoms with E-state index in [1.54, 1.807) is 41.5 Å². The van der Waals surface area contributed by atoms with Gasteiger partial charge in [0.05, 0.1) is 4.90 Å². The van der Waals surface area contributed by atoms with Gasteiger partial charge in [0.1, 0.15) is 40.8 Å². The number of carbonyl (C=O) groups is 5. The Bertz CT molecular complexity index is 2190. The maximum absolute atomic E-state index is 14.1. The molecule has 2 aromatic rings. The van der Waals surface area contributed by atoms with Crippen LogP contribution in [0.15, 0.2) is 54.5 Å². The summed E-state index contributed by atoms with van der Waals surface area (Å²) in [6, 6.07) is 1.31. The van der Waals surface area contributed by atoms with Crippen LogP contribution in [0.2, 0.25) is 0 Å². The summed E-state index contributed by atoms with van der Waals surface area (Å²) in [5, 5.41) is 22.0. The number of hydrogen-bond acceptors (Lipinski definition) is 9. The first-order valence-corrected chi connectivity index (χ1v) is 22.4. The van der Waals surface area contributed by atoms with Gasteiger partial charge >= 0.3 is 0 Å². The van der Waals surface area contributed by atoms with Gasteiger partial charge in [0, 0.05) is 38.0 Å². The monoisotopic (exact) mass is 896 g/mol. The van der Waals surface area contributed by atoms with Crippen molar-refractivity contribution < 1.29 is 41.5 Å². The van der Waals surface area contributed by atoms with Crippen LogP contribution in [0.5, 0.6) is 5.75 Å². The molecule has 16 nitrogen and oxygen atoms in total. The van der Waals surface area contributed by atoms with Crippen molar-refractivity contribution in [3.63, 3.8) is 0 Å². The van der Waals surface area contributed by atoms with Crippen molar-refractivity contribution in [2.75, 3.05) is 20.1 Å². The Kier molecular flexibility index (Phi) is 17.6. The molecule has 346 valence electrons. The third-order valence-corrected chi connectivity index (χ3v) is 12.5. The number of benzene rings is 2. The normalized spacial score (nSPS) is 15.2. The molecule has 0 saturated heterocycles. The molecule has 3 rings (SSSR count). The summed E-state index contributed by atoms with van der Waals surface area (Å²) in [5.74, 6) is -3.99. The van der Waals surface area contributed by atoms with Gasteiger partial charge in [-0.25, -0.2) is 17.5 Å². The molecular formula is C45H65FN8O8S. The van der Waals surface area contributed by atoms with Crippen LogP contribution in [0.4, 0.5) is 4.39 Å². The highest BCUT2D eigenvalue weighted by molar-refractivity contribution is 7.90. The van der Waals surface area contributed by atoms with Crippen molar-refractivity contribution in [1.29, 1.82) is 5.41 Å². The second-order valence-electron chi connectivity index (χ2n) is 17.1. The lowest BCUT2D eigenvalue weighted by Gasteiger charge is -2.32. The Labute approximate surface area is 371 Å². The van der Waals surface area contributed by atoms with Gasteiger partial charge in [-0.15, -0.1) is 13.2 Å². The first-order chi connectivity index (χ1) is 29.3. The summed E-state index contributed by atoms with van der Waals surface area (Å²) in [6.45, 7) is 23.0. The number of rotatable bonds is 21. The van der Waals surface area contributed by atoms with E-state index in [-0.39, 0.29) is 43.7 Å². The van der Waals surface area contributed by atoms with Crippen LogP contribution in [0, 0.1) is 37.9 Å². The molecule has 4 unspecified atom stereocenters. The van der Waals surface area contributed by atoms with Gasteiger partial charge in [-0.2, -0.15) is 0 Å². The molecule has 1 aliphatic heterocycles. The van der Waals surface area contributed by atoms with Crippen LogP contribution < -0.4 is 36.0 Å². The number of fused-ring (bicyclic) bond motifs is 1. The summed E-state index contributed by atoms with van der Waals surface area (Å²) >= 11 is 0. The zero-order chi connectivity index (χ0) is 47.6. The Hall–Kier alpha value is -5.78. The second kappa shape index (κ2) is 21.5. The molecule has 5 amide bonds. The third kappa shape index (κ3) is 13.1. The minimum atomic E-state index is -4.23. The zero-order valence-electron chi connectivity index (χ0n) is 38.1. The van der Waals surface area contributed by atoms with Gasteiger partial charge in [0.25, 0.3) is 10.0 Å². The zero-order valence-corrected chi connectivity index (χ0v) is 39.0. The maximum atomic E-state index is 14.1. The molecule has 0 spiro atoms. The van der Waals surface area contributed by atoms with Crippen molar-refractivity contribution in [1.82, 2.24) is 36.2 Å². The number of hydrogen-bond donors (Lipinski definition) is 7. The predicted molar refractivity (Wildman–Crippen MR) is 240 cm³/mol. The fraction of sp³-hybridized carbons (Fsp3) is 0.511. The lowest BCUT2D eigenvalue weighted by Crippen LogP contribution is -2.61. The fourth-order valence-corrected chi connectivity index (χ4v) is 8.72. The molecule has 2 aromatic carbocycles. The van der Waals surface area contributed by atoms with E-state index in [0.717, 1.165) is 17.7 Å². The highest BCUT2D eigenvalue weighted by Crippen LogP contribution is 2.43. The van der Waals surface area contributed by atoms with E-state index in [1.807, 2.05) is 13.8 Å². The van der Waals surface area contributed by atoms with Crippen LogP contribution in [-0.4, -0.2) is 92.2 Å². The Morgan fingerprint density at radius 1 is 0.952 bits per heavy atom. The number of amides is 5. The van der Waals surface area contributed by atoms with Crippen molar-refractivity contribution in [2.24, 2.45) is 5.92 Å². The molecule has 0 aliphatic carbocycles. The van der Waals surface area contributed by atoms with Crippen molar-refractivity contribution in [3.05, 3.63) is 83.2 Å². The number of carbonyl (C=O) groups excluding carboxylic acids is 5. The quantitative estimate of drug-likeness (QED) is 0.0415. The number of halogens is 1. The summed E-state index contributed by atoms with van der Waals surface area (Å²) in [4.78, 5) is 69.4. The molecule has 0 fully saturated rings. The molecule has 1 aliphatic rings. The second-order valence-corrected chi connectivity index (χ2v) is 18.7. The van der Waals surface area contributed by atoms with E-state index in [2.05, 4.69) is 44.5 Å². The van der Waals surface area contributed by atoms with Crippen molar-refractivity contribution in [2.45, 2.75) is 129 Å². The van der Waals surface area contributed by atoms with Crippen LogP contribution in [-0.2, 0) is 40.4 Å². The van der Waals surface area contributed by atoms with Gasteiger partial charge in [0.15, 0.2) is 0 Å². The predicted octanol–water partition coefficient (Wildman–Crippen LogP) is 4.04. The number of nitrogens with zero attached hydrogens (tertiary/aromatic N) is 1. The number of guanidine groups is 1. The molecule has 0 saturated carbocycles. The first kappa shape index (κ1) is 51.6. The molecule has 1 heterocycles. The van der Waals surface area contributed by atoms with Crippen molar-refractivity contribution in [3.8, 4) is 5.75 Å². The number of nitrogens with one attached hydrogen (secondary N) is 7. The lowest BCUT2D eigenvalue weighted by atomic mass is 9.94. The first-order valence-electron chi connectivity index (χ1n) is 21.0. The van der Waals surface area contributed by atoms with Gasteiger partial charge in [-0.05, 0) is 102 Å². The average molecular weight is 897 g/mol. The molecule has 0 aromatic heterocycles. The summed E-state index contributed by atoms with van der Waals surface area (Å²) in [7, 11) is -2.71. The highest BCUT2D eigenvalue weighted by Gasteiger charge is 2.39. The van der Waals surface area contributed by atoms with Crippen LogP contribution in [0.3, 0.4) is 0 Å². The van der Waals surface area contributed by atoms with Crippen molar-refractivity contribution >= 4 is 45.5 Å². The van der Waals surface area contributed by atoms with E-state index < -0.39 is 86.5 Å². The average Bonchev–Trinajstić information content (AvgIpc) is 3.54. The van der Waals surface area contributed by atoms with E-state index in [4.69, 9.17) is 10.1 Å². The van der Waals surface area contributed by atoms with E-state index in [1.165, 1.54) is 43.2 Å². The topological polar surface area (TPSA) is 228 Å². The minimum Gasteiger partial charge on any atom is -0.487 e. The minimum absolute atomic E-state index is 0.0110. The number of ether oxygens (including phenoxy) is 1. The Morgan fingerprint density at radius 2 is 1.57 bits per heavy atom. The Morgan fingerprint density at radius 3 is 2.14 bits per heavy atom. The van der Waals surface area contributed by atoms with E-state index >= 15 is 0 Å². The molecular weight excluding hydrogens is 832 g/mol. The smallest absolute Gasteiger partial charge is 0.264 e. The number of likely N-dealkylation sites (N-methyl/N-ethyl adjacent to an activating group) is 1. The summed E-state index contributed by atoms with van der Waals surface area (Å²) in [6.07, 6.45) is 3.60. The largest absolute Gasteiger partial charge is 0.487 e. The number of sulfonamides is 1. The van der Waals surface area contributed by atoms with Gasteiger partial charge in [-0.1, -0.05) is 45.1 Å². The molecule has 4 atom stereocenters. The maximum Gasteiger partial charge on any atom is 0.264 e. The van der Waals surface area contributed by atoms with Crippen LogP contribution in [0.1, 0.15) is 101 Å². The van der Waals surface area contributed by atoms with Crippen LogP contribution in [0.25, 0.3) is 0 Å². The molecule has 63 heavy (non-hydrogen) atoms. The highest BCUT2D eigenvalue weighted by atomic mass is 32.2. The van der Waals surface area contributed by atoms with Gasteiger partial charge < -0.3 is 36.2 Å². The summed E-state index contributed by atoms with van der Waals surface area (Å²) in [5.41, 5.74) is 0.801.